The van der Waals surface area contributed by atoms with Crippen molar-refractivity contribution in [1.82, 2.24) is 5.32 Å². The van der Waals surface area contributed by atoms with Crippen molar-refractivity contribution in [2.75, 3.05) is 0 Å². The number of nitrogens with one attached hydrogen (secondary N) is 1. The van der Waals surface area contributed by atoms with Gasteiger partial charge in [0.1, 0.15) is 5.41 Å². The van der Waals surface area contributed by atoms with Gasteiger partial charge in [0.2, 0.25) is 5.91 Å². The molecule has 0 unspecified atom stereocenters. The fourth-order valence-electron chi connectivity index (χ4n) is 2.47. The minimum atomic E-state index is -0.934. The Kier molecular flexibility index (Phi) is 6.43. The van der Waals surface area contributed by atoms with E-state index >= 15 is 0 Å². The second-order valence-electron chi connectivity index (χ2n) is 5.19. The lowest BCUT2D eigenvalue weighted by Crippen LogP contribution is -2.39. The van der Waals surface area contributed by atoms with Gasteiger partial charge in [-0.05, 0) is 30.5 Å². The van der Waals surface area contributed by atoms with E-state index in [1.807, 2.05) is 19.9 Å². The molecule has 0 saturated carbocycles. The van der Waals surface area contributed by atoms with E-state index in [1.165, 1.54) is 0 Å². The van der Waals surface area contributed by atoms with Gasteiger partial charge in [-0.3, -0.25) is 4.79 Å². The van der Waals surface area contributed by atoms with Crippen LogP contribution >= 0.6 is 0 Å². The normalized spacial score (nSPS) is 10.5. The zero-order valence-corrected chi connectivity index (χ0v) is 12.6. The predicted molar refractivity (Wildman–Crippen MR) is 80.9 cm³/mol. The van der Waals surface area contributed by atoms with Crippen LogP contribution < -0.4 is 5.32 Å². The molecule has 0 atom stereocenters. The van der Waals surface area contributed by atoms with Gasteiger partial charge in [-0.1, -0.05) is 38.8 Å². The molecular formula is C17H21N3O. The molecule has 1 aromatic carbocycles. The van der Waals surface area contributed by atoms with Crippen molar-refractivity contribution in [3.63, 3.8) is 0 Å². The van der Waals surface area contributed by atoms with E-state index < -0.39 is 5.41 Å². The van der Waals surface area contributed by atoms with Crippen molar-refractivity contribution in [2.24, 2.45) is 5.41 Å². The second kappa shape index (κ2) is 8.07. The van der Waals surface area contributed by atoms with Crippen LogP contribution in [-0.2, 0) is 11.3 Å². The standard InChI is InChI=1S/C17H21N3O/c1-3-8-17(13-19,9-4-2)16(21)20-12-15-7-5-6-14(10-15)11-18/h5-7,10H,3-4,8-9,12H2,1-2H3,(H,20,21). The van der Waals surface area contributed by atoms with Crippen LogP contribution in [0.4, 0.5) is 0 Å². The van der Waals surface area contributed by atoms with Crippen LogP contribution in [0.15, 0.2) is 24.3 Å². The largest absolute Gasteiger partial charge is 0.351 e. The van der Waals surface area contributed by atoms with Gasteiger partial charge in [0.05, 0.1) is 17.7 Å². The maximum Gasteiger partial charge on any atom is 0.240 e. The Balaban J connectivity index is 2.78. The van der Waals surface area contributed by atoms with Crippen molar-refractivity contribution < 1.29 is 4.79 Å². The lowest BCUT2D eigenvalue weighted by Gasteiger charge is -2.24. The van der Waals surface area contributed by atoms with Crippen molar-refractivity contribution in [2.45, 2.75) is 46.1 Å². The molecule has 1 N–H and O–H groups in total. The number of benzene rings is 1. The predicted octanol–water partition coefficient (Wildman–Crippen LogP) is 3.28. The van der Waals surface area contributed by atoms with Gasteiger partial charge >= 0.3 is 0 Å². The molecule has 0 fully saturated rings. The summed E-state index contributed by atoms with van der Waals surface area (Å²) in [6, 6.07) is 11.4. The average Bonchev–Trinajstić information content (AvgIpc) is 2.52. The van der Waals surface area contributed by atoms with E-state index in [9.17, 15) is 10.1 Å². The molecule has 0 spiro atoms. The van der Waals surface area contributed by atoms with Crippen LogP contribution in [0.5, 0.6) is 0 Å². The first-order valence-corrected chi connectivity index (χ1v) is 7.30. The number of carbonyl (C=O) groups is 1. The Labute approximate surface area is 126 Å². The number of nitriles is 2. The molecule has 4 heteroatoms. The highest BCUT2D eigenvalue weighted by atomic mass is 16.2. The molecule has 0 bridgehead atoms. The SMILES string of the molecule is CCCC(C#N)(CCC)C(=O)NCc1cccc(C#N)c1. The summed E-state index contributed by atoms with van der Waals surface area (Å²) < 4.78 is 0. The maximum atomic E-state index is 12.4. The molecule has 1 amide bonds. The summed E-state index contributed by atoms with van der Waals surface area (Å²) in [5, 5.41) is 21.1. The van der Waals surface area contributed by atoms with E-state index in [-0.39, 0.29) is 5.91 Å². The van der Waals surface area contributed by atoms with Gasteiger partial charge in [0.25, 0.3) is 0 Å². The molecule has 0 radical (unpaired) electrons. The zero-order valence-electron chi connectivity index (χ0n) is 12.6. The molecule has 4 nitrogen and oxygen atoms in total. The minimum Gasteiger partial charge on any atom is -0.351 e. The van der Waals surface area contributed by atoms with Crippen molar-refractivity contribution in [3.05, 3.63) is 35.4 Å². The van der Waals surface area contributed by atoms with Crippen LogP contribution in [0.25, 0.3) is 0 Å². The highest BCUT2D eigenvalue weighted by Gasteiger charge is 2.36. The molecule has 0 aromatic heterocycles. The van der Waals surface area contributed by atoms with Gasteiger partial charge in [-0.2, -0.15) is 10.5 Å². The topological polar surface area (TPSA) is 76.7 Å². The fourth-order valence-corrected chi connectivity index (χ4v) is 2.47. The third kappa shape index (κ3) is 4.33. The van der Waals surface area contributed by atoms with Gasteiger partial charge in [0.15, 0.2) is 0 Å². The summed E-state index contributed by atoms with van der Waals surface area (Å²) in [6.07, 6.45) is 2.73. The first kappa shape index (κ1) is 16.7. The van der Waals surface area contributed by atoms with Crippen LogP contribution in [-0.4, -0.2) is 5.91 Å². The molecular weight excluding hydrogens is 262 g/mol. The van der Waals surface area contributed by atoms with Gasteiger partial charge in [-0.25, -0.2) is 0 Å². The molecule has 21 heavy (non-hydrogen) atoms. The summed E-state index contributed by atoms with van der Waals surface area (Å²) in [5.41, 5.74) is 0.494. The highest BCUT2D eigenvalue weighted by molar-refractivity contribution is 5.85. The van der Waals surface area contributed by atoms with Crippen LogP contribution in [0.3, 0.4) is 0 Å². The molecule has 0 aliphatic rings. The van der Waals surface area contributed by atoms with Crippen LogP contribution in [0, 0.1) is 28.1 Å². The fraction of sp³-hybridized carbons (Fsp3) is 0.471. The summed E-state index contributed by atoms with van der Waals surface area (Å²) in [6.45, 7) is 4.29. The molecule has 0 saturated heterocycles. The molecule has 0 aliphatic heterocycles. The zero-order chi connectivity index (χ0) is 15.7. The number of carbonyl (C=O) groups excluding carboxylic acids is 1. The Morgan fingerprint density at radius 2 is 1.90 bits per heavy atom. The Morgan fingerprint density at radius 1 is 1.24 bits per heavy atom. The number of rotatable bonds is 7. The minimum absolute atomic E-state index is 0.212. The average molecular weight is 283 g/mol. The molecule has 0 aliphatic carbocycles. The van der Waals surface area contributed by atoms with Crippen molar-refractivity contribution in [3.8, 4) is 12.1 Å². The highest BCUT2D eigenvalue weighted by Crippen LogP contribution is 2.29. The van der Waals surface area contributed by atoms with Crippen molar-refractivity contribution in [1.29, 1.82) is 10.5 Å². The van der Waals surface area contributed by atoms with Crippen LogP contribution in [0.2, 0.25) is 0 Å². The van der Waals surface area contributed by atoms with Gasteiger partial charge in [-0.15, -0.1) is 0 Å². The summed E-state index contributed by atoms with van der Waals surface area (Å²) in [4.78, 5) is 12.4. The monoisotopic (exact) mass is 283 g/mol. The smallest absolute Gasteiger partial charge is 0.240 e. The number of nitrogens with zero attached hydrogens (tertiary/aromatic N) is 2. The van der Waals surface area contributed by atoms with E-state index in [4.69, 9.17) is 5.26 Å². The Bertz CT molecular complexity index is 560. The van der Waals surface area contributed by atoms with E-state index in [0.29, 0.717) is 24.9 Å². The quantitative estimate of drug-likeness (QED) is 0.834. The maximum absolute atomic E-state index is 12.4. The van der Waals surface area contributed by atoms with Gasteiger partial charge < -0.3 is 5.32 Å². The second-order valence-corrected chi connectivity index (χ2v) is 5.19. The van der Waals surface area contributed by atoms with Crippen LogP contribution in [0.1, 0.15) is 50.7 Å². The van der Waals surface area contributed by atoms with E-state index in [2.05, 4.69) is 17.5 Å². The number of hydrogen-bond donors (Lipinski definition) is 1. The molecule has 1 rings (SSSR count). The van der Waals surface area contributed by atoms with E-state index in [1.54, 1.807) is 18.2 Å². The molecule has 0 heterocycles. The number of hydrogen-bond acceptors (Lipinski definition) is 3. The third-order valence-electron chi connectivity index (χ3n) is 3.51. The first-order chi connectivity index (χ1) is 10.1. The summed E-state index contributed by atoms with van der Waals surface area (Å²) in [7, 11) is 0. The first-order valence-electron chi connectivity index (χ1n) is 7.30. The summed E-state index contributed by atoms with van der Waals surface area (Å²) >= 11 is 0. The lowest BCUT2D eigenvalue weighted by molar-refractivity contribution is -0.129. The Morgan fingerprint density at radius 3 is 2.43 bits per heavy atom. The van der Waals surface area contributed by atoms with Crippen molar-refractivity contribution >= 4 is 5.91 Å². The molecule has 1 aromatic rings. The summed E-state index contributed by atoms with van der Waals surface area (Å²) in [5.74, 6) is -0.212. The van der Waals surface area contributed by atoms with E-state index in [0.717, 1.165) is 18.4 Å². The number of amides is 1. The Hall–Kier alpha value is -2.33. The third-order valence-corrected chi connectivity index (χ3v) is 3.51. The molecule has 110 valence electrons. The van der Waals surface area contributed by atoms with Gasteiger partial charge in [0, 0.05) is 6.54 Å². The lowest BCUT2D eigenvalue weighted by atomic mass is 9.79.